The van der Waals surface area contributed by atoms with Crippen LogP contribution in [-0.4, -0.2) is 22.4 Å². The quantitative estimate of drug-likeness (QED) is 0.802. The standard InChI is InChI=1S/C15H14N4O/c16-8-1-2-12-3-5-13(6-4-12)15(20)18-10-14-7-9-17-11-19-14/h3-7,9,11H,8,10,16H2,(H,18,20). The number of rotatable bonds is 3. The Morgan fingerprint density at radius 1 is 1.25 bits per heavy atom. The maximum atomic E-state index is 11.9. The van der Waals surface area contributed by atoms with E-state index in [1.165, 1.54) is 6.33 Å². The fourth-order valence-electron chi connectivity index (χ4n) is 1.55. The van der Waals surface area contributed by atoms with Gasteiger partial charge in [0.2, 0.25) is 0 Å². The molecule has 1 aromatic carbocycles. The van der Waals surface area contributed by atoms with Crippen molar-refractivity contribution in [2.24, 2.45) is 5.73 Å². The van der Waals surface area contributed by atoms with Crippen LogP contribution in [0.5, 0.6) is 0 Å². The number of nitrogens with one attached hydrogen (secondary N) is 1. The zero-order valence-electron chi connectivity index (χ0n) is 10.8. The molecule has 0 fully saturated rings. The molecule has 1 amide bonds. The first kappa shape index (κ1) is 13.7. The average Bonchev–Trinajstić information content (AvgIpc) is 2.52. The normalized spacial score (nSPS) is 9.45. The third-order valence-electron chi connectivity index (χ3n) is 2.56. The molecule has 5 nitrogen and oxygen atoms in total. The highest BCUT2D eigenvalue weighted by atomic mass is 16.1. The summed E-state index contributed by atoms with van der Waals surface area (Å²) < 4.78 is 0. The van der Waals surface area contributed by atoms with Gasteiger partial charge in [-0.05, 0) is 30.3 Å². The highest BCUT2D eigenvalue weighted by Crippen LogP contribution is 2.03. The molecule has 0 radical (unpaired) electrons. The predicted octanol–water partition coefficient (Wildman–Crippen LogP) is 0.717. The molecule has 0 bridgehead atoms. The van der Waals surface area contributed by atoms with Crippen molar-refractivity contribution < 1.29 is 4.79 Å². The molecule has 0 aliphatic rings. The van der Waals surface area contributed by atoms with Gasteiger partial charge in [0.1, 0.15) is 6.33 Å². The van der Waals surface area contributed by atoms with Gasteiger partial charge >= 0.3 is 0 Å². The van der Waals surface area contributed by atoms with Crippen LogP contribution in [0.2, 0.25) is 0 Å². The van der Waals surface area contributed by atoms with Crippen LogP contribution in [-0.2, 0) is 6.54 Å². The van der Waals surface area contributed by atoms with Crippen LogP contribution in [0.4, 0.5) is 0 Å². The van der Waals surface area contributed by atoms with Gasteiger partial charge < -0.3 is 11.1 Å². The summed E-state index contributed by atoms with van der Waals surface area (Å²) in [5, 5.41) is 2.79. The van der Waals surface area contributed by atoms with E-state index in [0.717, 1.165) is 11.3 Å². The Hall–Kier alpha value is -2.71. The second-order valence-corrected chi connectivity index (χ2v) is 3.97. The maximum Gasteiger partial charge on any atom is 0.251 e. The molecule has 1 aromatic heterocycles. The Kier molecular flexibility index (Phi) is 4.81. The van der Waals surface area contributed by atoms with Gasteiger partial charge in [0.25, 0.3) is 5.91 Å². The molecule has 0 aliphatic heterocycles. The monoisotopic (exact) mass is 266 g/mol. The third kappa shape index (κ3) is 3.90. The van der Waals surface area contributed by atoms with Gasteiger partial charge in [-0.2, -0.15) is 0 Å². The molecule has 0 saturated carbocycles. The molecule has 2 aromatic rings. The van der Waals surface area contributed by atoms with Crippen LogP contribution >= 0.6 is 0 Å². The molecule has 20 heavy (non-hydrogen) atoms. The van der Waals surface area contributed by atoms with E-state index in [4.69, 9.17) is 5.73 Å². The number of nitrogens with two attached hydrogens (primary N) is 1. The lowest BCUT2D eigenvalue weighted by Crippen LogP contribution is -2.23. The van der Waals surface area contributed by atoms with Gasteiger partial charge in [0.05, 0.1) is 18.8 Å². The summed E-state index contributed by atoms with van der Waals surface area (Å²) >= 11 is 0. The van der Waals surface area contributed by atoms with E-state index in [1.807, 2.05) is 0 Å². The van der Waals surface area contributed by atoms with Gasteiger partial charge in [-0.1, -0.05) is 11.8 Å². The number of hydrogen-bond donors (Lipinski definition) is 2. The van der Waals surface area contributed by atoms with Crippen LogP contribution < -0.4 is 11.1 Å². The van der Waals surface area contributed by atoms with Crippen LogP contribution in [0.3, 0.4) is 0 Å². The minimum absolute atomic E-state index is 0.151. The average molecular weight is 266 g/mol. The van der Waals surface area contributed by atoms with Crippen LogP contribution in [0.25, 0.3) is 0 Å². The van der Waals surface area contributed by atoms with Crippen molar-refractivity contribution in [3.63, 3.8) is 0 Å². The Labute approximate surface area is 117 Å². The highest BCUT2D eigenvalue weighted by molar-refractivity contribution is 5.94. The van der Waals surface area contributed by atoms with Gasteiger partial charge in [0.15, 0.2) is 0 Å². The van der Waals surface area contributed by atoms with E-state index < -0.39 is 0 Å². The van der Waals surface area contributed by atoms with Gasteiger partial charge in [-0.3, -0.25) is 4.79 Å². The van der Waals surface area contributed by atoms with E-state index in [9.17, 15) is 4.79 Å². The van der Waals surface area contributed by atoms with Crippen molar-refractivity contribution in [1.82, 2.24) is 15.3 Å². The van der Waals surface area contributed by atoms with Crippen molar-refractivity contribution in [1.29, 1.82) is 0 Å². The summed E-state index contributed by atoms with van der Waals surface area (Å²) in [7, 11) is 0. The lowest BCUT2D eigenvalue weighted by Gasteiger charge is -2.04. The van der Waals surface area contributed by atoms with E-state index in [-0.39, 0.29) is 5.91 Å². The summed E-state index contributed by atoms with van der Waals surface area (Å²) in [4.78, 5) is 19.8. The summed E-state index contributed by atoms with van der Waals surface area (Å²) in [6, 6.07) is 8.81. The third-order valence-corrected chi connectivity index (χ3v) is 2.56. The first-order chi connectivity index (χ1) is 9.79. The smallest absolute Gasteiger partial charge is 0.251 e. The van der Waals surface area contributed by atoms with Crippen LogP contribution in [0.15, 0.2) is 42.9 Å². The van der Waals surface area contributed by atoms with Gasteiger partial charge in [0, 0.05) is 17.3 Å². The number of benzene rings is 1. The summed E-state index contributed by atoms with van der Waals surface area (Å²) in [6.45, 7) is 0.692. The van der Waals surface area contributed by atoms with Crippen molar-refractivity contribution in [2.45, 2.75) is 6.54 Å². The molecular weight excluding hydrogens is 252 g/mol. The van der Waals surface area contributed by atoms with E-state index in [2.05, 4.69) is 27.1 Å². The Morgan fingerprint density at radius 2 is 2.05 bits per heavy atom. The largest absolute Gasteiger partial charge is 0.346 e. The Bertz CT molecular complexity index is 626. The fraction of sp³-hybridized carbons (Fsp3) is 0.133. The number of carbonyl (C=O) groups is 1. The van der Waals surface area contributed by atoms with Crippen LogP contribution in [0.1, 0.15) is 21.6 Å². The first-order valence-corrected chi connectivity index (χ1v) is 6.11. The first-order valence-electron chi connectivity index (χ1n) is 6.11. The van der Waals surface area contributed by atoms with Crippen molar-refractivity contribution in [3.8, 4) is 11.8 Å². The SMILES string of the molecule is NCC#Cc1ccc(C(=O)NCc2ccncn2)cc1. The topological polar surface area (TPSA) is 80.9 Å². The molecule has 2 rings (SSSR count). The molecule has 5 heteroatoms. The molecule has 3 N–H and O–H groups in total. The molecule has 0 unspecified atom stereocenters. The van der Waals surface area contributed by atoms with Gasteiger partial charge in [-0.15, -0.1) is 0 Å². The fourth-order valence-corrected chi connectivity index (χ4v) is 1.55. The lowest BCUT2D eigenvalue weighted by atomic mass is 10.1. The lowest BCUT2D eigenvalue weighted by molar-refractivity contribution is 0.0950. The number of hydrogen-bond acceptors (Lipinski definition) is 4. The van der Waals surface area contributed by atoms with Crippen LogP contribution in [0, 0.1) is 11.8 Å². The minimum atomic E-state index is -0.151. The molecule has 0 aliphatic carbocycles. The summed E-state index contributed by atoms with van der Waals surface area (Å²) in [5.41, 5.74) is 7.48. The van der Waals surface area contributed by atoms with Crippen molar-refractivity contribution in [3.05, 3.63) is 59.7 Å². The molecule has 0 atom stereocenters. The van der Waals surface area contributed by atoms with E-state index in [1.54, 1.807) is 36.5 Å². The second-order valence-electron chi connectivity index (χ2n) is 3.97. The number of amides is 1. The summed E-state index contributed by atoms with van der Waals surface area (Å²) in [5.74, 6) is 5.52. The van der Waals surface area contributed by atoms with Crippen molar-refractivity contribution >= 4 is 5.91 Å². The zero-order valence-corrected chi connectivity index (χ0v) is 10.8. The maximum absolute atomic E-state index is 11.9. The molecular formula is C15H14N4O. The molecule has 100 valence electrons. The predicted molar refractivity (Wildman–Crippen MR) is 75.6 cm³/mol. The zero-order chi connectivity index (χ0) is 14.2. The Balaban J connectivity index is 1.96. The second kappa shape index (κ2) is 7.02. The minimum Gasteiger partial charge on any atom is -0.346 e. The molecule has 1 heterocycles. The number of aromatic nitrogens is 2. The van der Waals surface area contributed by atoms with Crippen molar-refractivity contribution in [2.75, 3.05) is 6.54 Å². The Morgan fingerprint density at radius 3 is 2.70 bits per heavy atom. The number of carbonyl (C=O) groups excluding carboxylic acids is 1. The highest BCUT2D eigenvalue weighted by Gasteiger charge is 2.04. The van der Waals surface area contributed by atoms with E-state index in [0.29, 0.717) is 18.7 Å². The number of nitrogens with zero attached hydrogens (tertiary/aromatic N) is 2. The summed E-state index contributed by atoms with van der Waals surface area (Å²) in [6.07, 6.45) is 3.09. The van der Waals surface area contributed by atoms with E-state index >= 15 is 0 Å². The molecule has 0 saturated heterocycles. The van der Waals surface area contributed by atoms with Gasteiger partial charge in [-0.25, -0.2) is 9.97 Å². The molecule has 0 spiro atoms.